The minimum absolute atomic E-state index is 0.0266. The molecule has 0 bridgehead atoms. The van der Waals surface area contributed by atoms with Gasteiger partial charge in [0.1, 0.15) is 12.2 Å². The fourth-order valence-electron chi connectivity index (χ4n) is 2.83. The fraction of sp³-hybridized carbons (Fsp3) is 0.706. The highest BCUT2D eigenvalue weighted by atomic mass is 16.6. The number of hydrazine groups is 1. The number of aliphatic carboxylic acids is 1. The van der Waals surface area contributed by atoms with Gasteiger partial charge >= 0.3 is 18.2 Å². The summed E-state index contributed by atoms with van der Waals surface area (Å²) in [4.78, 5) is 37.3. The number of ether oxygens (including phenoxy) is 2. The van der Waals surface area contributed by atoms with E-state index >= 15 is 0 Å². The Bertz CT molecular complexity index is 560. The van der Waals surface area contributed by atoms with Crippen LogP contribution in [0.15, 0.2) is 12.7 Å². The van der Waals surface area contributed by atoms with Crippen molar-refractivity contribution >= 4 is 18.2 Å². The van der Waals surface area contributed by atoms with Gasteiger partial charge in [0.05, 0.1) is 0 Å². The fourth-order valence-corrected chi connectivity index (χ4v) is 2.83. The molecule has 1 aliphatic rings. The monoisotopic (exact) mass is 356 g/mol. The maximum atomic E-state index is 12.8. The molecule has 2 amide bonds. The maximum Gasteiger partial charge on any atom is 0.430 e. The molecule has 0 saturated carbocycles. The van der Waals surface area contributed by atoms with Crippen molar-refractivity contribution in [1.29, 1.82) is 0 Å². The minimum Gasteiger partial charge on any atom is -0.479 e. The van der Waals surface area contributed by atoms with Crippen molar-refractivity contribution < 1.29 is 29.0 Å². The van der Waals surface area contributed by atoms with Gasteiger partial charge in [0.25, 0.3) is 0 Å². The smallest absolute Gasteiger partial charge is 0.430 e. The van der Waals surface area contributed by atoms with Crippen molar-refractivity contribution in [2.75, 3.05) is 13.2 Å². The molecule has 0 aromatic rings. The standard InChI is InChI=1S/C17H28N2O6/c1-8-11-24-13(22)18-10-9-17(12(20)21,15(2,3)4)19(18)14(23)25-16(5,6)7/h8H,1,9-11H2,2-7H3,(H,20,21). The highest BCUT2D eigenvalue weighted by molar-refractivity contribution is 5.88. The SMILES string of the molecule is C=CCOC(=O)N1CCC(C(=O)O)(C(C)(C)C)N1C(=O)OC(C)(C)C. The van der Waals surface area contributed by atoms with Gasteiger partial charge in [-0.2, -0.15) is 5.01 Å². The van der Waals surface area contributed by atoms with Crippen molar-refractivity contribution in [3.8, 4) is 0 Å². The Morgan fingerprint density at radius 3 is 2.12 bits per heavy atom. The first kappa shape index (κ1) is 20.8. The molecule has 1 aliphatic heterocycles. The molecule has 1 unspecified atom stereocenters. The van der Waals surface area contributed by atoms with Crippen LogP contribution in [-0.2, 0) is 14.3 Å². The van der Waals surface area contributed by atoms with Crippen LogP contribution in [-0.4, -0.2) is 57.6 Å². The van der Waals surface area contributed by atoms with Gasteiger partial charge < -0.3 is 14.6 Å². The second-order valence-electron chi connectivity index (χ2n) is 7.95. The second-order valence-corrected chi connectivity index (χ2v) is 7.95. The first-order valence-electron chi connectivity index (χ1n) is 8.09. The van der Waals surface area contributed by atoms with Crippen molar-refractivity contribution in [1.82, 2.24) is 10.0 Å². The third kappa shape index (κ3) is 4.05. The van der Waals surface area contributed by atoms with Crippen molar-refractivity contribution in [3.63, 3.8) is 0 Å². The van der Waals surface area contributed by atoms with Gasteiger partial charge in [-0.1, -0.05) is 33.4 Å². The quantitative estimate of drug-likeness (QED) is 0.781. The van der Waals surface area contributed by atoms with Gasteiger partial charge in [0.15, 0.2) is 5.54 Å². The number of rotatable bonds is 3. The molecular weight excluding hydrogens is 328 g/mol. The molecule has 1 fully saturated rings. The third-order valence-electron chi connectivity index (χ3n) is 3.98. The van der Waals surface area contributed by atoms with Gasteiger partial charge in [-0.15, -0.1) is 0 Å². The van der Waals surface area contributed by atoms with E-state index in [1.807, 2.05) is 0 Å². The van der Waals surface area contributed by atoms with Crippen LogP contribution in [0, 0.1) is 5.41 Å². The summed E-state index contributed by atoms with van der Waals surface area (Å²) in [5.74, 6) is -1.20. The van der Waals surface area contributed by atoms with E-state index in [1.165, 1.54) is 6.08 Å². The number of carbonyl (C=O) groups excluding carboxylic acids is 2. The molecule has 0 aromatic carbocycles. The molecule has 0 spiro atoms. The average molecular weight is 356 g/mol. The lowest BCUT2D eigenvalue weighted by Gasteiger charge is -2.45. The Balaban J connectivity index is 3.38. The van der Waals surface area contributed by atoms with E-state index in [0.717, 1.165) is 10.0 Å². The predicted molar refractivity (Wildman–Crippen MR) is 90.8 cm³/mol. The summed E-state index contributed by atoms with van der Waals surface area (Å²) in [5, 5.41) is 11.8. The Hall–Kier alpha value is -2.25. The first-order valence-corrected chi connectivity index (χ1v) is 8.09. The molecule has 0 aromatic heterocycles. The summed E-state index contributed by atoms with van der Waals surface area (Å²) in [6.45, 7) is 13.6. The van der Waals surface area contributed by atoms with Crippen molar-refractivity contribution in [2.45, 2.75) is 59.1 Å². The summed E-state index contributed by atoms with van der Waals surface area (Å²) >= 11 is 0. The van der Waals surface area contributed by atoms with Gasteiger partial charge in [-0.25, -0.2) is 19.4 Å². The van der Waals surface area contributed by atoms with Crippen LogP contribution in [0.25, 0.3) is 0 Å². The van der Waals surface area contributed by atoms with Crippen LogP contribution >= 0.6 is 0 Å². The highest BCUT2D eigenvalue weighted by Gasteiger charge is 2.63. The van der Waals surface area contributed by atoms with Crippen LogP contribution in [0.2, 0.25) is 0 Å². The molecule has 25 heavy (non-hydrogen) atoms. The van der Waals surface area contributed by atoms with Crippen LogP contribution in [0.5, 0.6) is 0 Å². The number of carboxylic acid groups (broad SMARTS) is 1. The first-order chi connectivity index (χ1) is 11.3. The molecular formula is C17H28N2O6. The molecule has 142 valence electrons. The number of carbonyl (C=O) groups is 3. The van der Waals surface area contributed by atoms with E-state index in [1.54, 1.807) is 41.5 Å². The number of hydrogen-bond acceptors (Lipinski definition) is 5. The molecule has 1 N–H and O–H groups in total. The molecule has 1 heterocycles. The second kappa shape index (κ2) is 6.93. The summed E-state index contributed by atoms with van der Waals surface area (Å²) in [5.41, 5.74) is -3.34. The number of carboxylic acids is 1. The summed E-state index contributed by atoms with van der Waals surface area (Å²) < 4.78 is 10.4. The number of nitrogens with zero attached hydrogens (tertiary/aromatic N) is 2. The number of amides is 2. The topological polar surface area (TPSA) is 96.4 Å². The van der Waals surface area contributed by atoms with E-state index in [4.69, 9.17) is 9.47 Å². The lowest BCUT2D eigenvalue weighted by atomic mass is 9.72. The zero-order valence-electron chi connectivity index (χ0n) is 15.8. The molecule has 8 nitrogen and oxygen atoms in total. The predicted octanol–water partition coefficient (Wildman–Crippen LogP) is 3.04. The molecule has 8 heteroatoms. The van der Waals surface area contributed by atoms with Crippen molar-refractivity contribution in [3.05, 3.63) is 12.7 Å². The van der Waals surface area contributed by atoms with E-state index in [0.29, 0.717) is 0 Å². The van der Waals surface area contributed by atoms with E-state index in [9.17, 15) is 19.5 Å². The van der Waals surface area contributed by atoms with Crippen LogP contribution < -0.4 is 0 Å². The zero-order chi connectivity index (χ0) is 19.6. The van der Waals surface area contributed by atoms with Gasteiger partial charge in [-0.05, 0) is 26.2 Å². The zero-order valence-corrected chi connectivity index (χ0v) is 15.8. The molecule has 1 saturated heterocycles. The van der Waals surface area contributed by atoms with Gasteiger partial charge in [0, 0.05) is 13.0 Å². The Labute approximate surface area is 148 Å². The minimum atomic E-state index is -1.64. The molecule has 0 aliphatic carbocycles. The van der Waals surface area contributed by atoms with Gasteiger partial charge in [0.2, 0.25) is 0 Å². The maximum absolute atomic E-state index is 12.8. The molecule has 1 atom stereocenters. The van der Waals surface area contributed by atoms with E-state index in [-0.39, 0.29) is 19.6 Å². The summed E-state index contributed by atoms with van der Waals surface area (Å²) in [6, 6.07) is 0. The van der Waals surface area contributed by atoms with Crippen LogP contribution in [0.3, 0.4) is 0 Å². The highest BCUT2D eigenvalue weighted by Crippen LogP contribution is 2.45. The van der Waals surface area contributed by atoms with E-state index in [2.05, 4.69) is 6.58 Å². The van der Waals surface area contributed by atoms with Crippen LogP contribution in [0.1, 0.15) is 48.0 Å². The Morgan fingerprint density at radius 2 is 1.72 bits per heavy atom. The lowest BCUT2D eigenvalue weighted by Crippen LogP contribution is -2.65. The van der Waals surface area contributed by atoms with Gasteiger partial charge in [-0.3, -0.25) is 0 Å². The van der Waals surface area contributed by atoms with E-state index < -0.39 is 34.7 Å². The normalized spacial score (nSPS) is 21.0. The number of hydrogen-bond donors (Lipinski definition) is 1. The average Bonchev–Trinajstić information content (AvgIpc) is 2.84. The molecule has 1 rings (SSSR count). The van der Waals surface area contributed by atoms with Crippen molar-refractivity contribution in [2.24, 2.45) is 5.41 Å². The summed E-state index contributed by atoms with van der Waals surface area (Å²) in [7, 11) is 0. The Morgan fingerprint density at radius 1 is 1.16 bits per heavy atom. The third-order valence-corrected chi connectivity index (χ3v) is 3.98. The molecule has 0 radical (unpaired) electrons. The van der Waals surface area contributed by atoms with Crippen LogP contribution in [0.4, 0.5) is 9.59 Å². The largest absolute Gasteiger partial charge is 0.479 e. The lowest BCUT2D eigenvalue weighted by molar-refractivity contribution is -0.165. The summed E-state index contributed by atoms with van der Waals surface area (Å²) in [6.07, 6.45) is -0.273. The Kier molecular flexibility index (Phi) is 5.77.